The van der Waals surface area contributed by atoms with Gasteiger partial charge in [0.2, 0.25) is 0 Å². The Bertz CT molecular complexity index is 741. The van der Waals surface area contributed by atoms with Crippen molar-refractivity contribution in [2.75, 3.05) is 5.75 Å². The molecule has 5 nitrogen and oxygen atoms in total. The van der Waals surface area contributed by atoms with Crippen LogP contribution in [0, 0.1) is 0 Å². The van der Waals surface area contributed by atoms with Crippen LogP contribution in [0.2, 0.25) is 0 Å². The fourth-order valence-electron chi connectivity index (χ4n) is 2.67. The van der Waals surface area contributed by atoms with Crippen LogP contribution in [0.3, 0.4) is 0 Å². The summed E-state index contributed by atoms with van der Waals surface area (Å²) < 4.78 is 12.1. The molecule has 1 aromatic rings. The Kier molecular flexibility index (Phi) is 4.14. The molecule has 1 N–H and O–H groups in total. The summed E-state index contributed by atoms with van der Waals surface area (Å²) >= 11 is 4.39. The highest BCUT2D eigenvalue weighted by Crippen LogP contribution is 2.39. The zero-order chi connectivity index (χ0) is 17.7. The van der Waals surface area contributed by atoms with Crippen molar-refractivity contribution < 1.29 is 18.9 Å². The molecule has 3 rings (SSSR count). The molecule has 7 heteroatoms. The van der Waals surface area contributed by atoms with Crippen LogP contribution in [0.4, 0.5) is 0 Å². The number of benzene rings is 1. The third-order valence-corrected chi connectivity index (χ3v) is 5.22. The fraction of sp³-hybridized carbons (Fsp3) is 0.412. The van der Waals surface area contributed by atoms with Crippen molar-refractivity contribution in [2.45, 2.75) is 38.9 Å². The van der Waals surface area contributed by atoms with E-state index in [9.17, 15) is 9.59 Å². The van der Waals surface area contributed by atoms with Gasteiger partial charge in [-0.25, -0.2) is 0 Å². The molecule has 0 atom stereocenters. The summed E-state index contributed by atoms with van der Waals surface area (Å²) in [4.78, 5) is 23.4. The Balaban J connectivity index is 1.92. The molecule has 1 saturated heterocycles. The molecule has 0 spiro atoms. The summed E-state index contributed by atoms with van der Waals surface area (Å²) in [7, 11) is -0.490. The normalized spacial score (nSPS) is 21.9. The van der Waals surface area contributed by atoms with Crippen LogP contribution in [0.5, 0.6) is 0 Å². The summed E-state index contributed by atoms with van der Waals surface area (Å²) in [5.41, 5.74) is 1.61. The quantitative estimate of drug-likeness (QED) is 0.502. The van der Waals surface area contributed by atoms with Crippen molar-refractivity contribution in [3.8, 4) is 0 Å². The molecule has 1 fully saturated rings. The number of rotatable bonds is 3. The highest BCUT2D eigenvalue weighted by molar-refractivity contribution is 7.80. The standard InChI is InChI=1S/C17H20BNO4S/c1-16(2)17(3,4)23-18(22-16)11(9-24)7-10-5-6-12-13(8-10)15(21)19-14(12)20/h5-8,24H,9H2,1-4H3,(H,19,20,21). The first-order valence-corrected chi connectivity index (χ1v) is 8.44. The lowest BCUT2D eigenvalue weighted by atomic mass is 9.78. The van der Waals surface area contributed by atoms with E-state index in [2.05, 4.69) is 17.9 Å². The minimum Gasteiger partial charge on any atom is -0.400 e. The summed E-state index contributed by atoms with van der Waals surface area (Å²) in [6, 6.07) is 5.15. The molecule has 0 bridgehead atoms. The van der Waals surface area contributed by atoms with E-state index in [-0.39, 0.29) is 11.8 Å². The number of hydrogen-bond donors (Lipinski definition) is 2. The molecule has 0 unspecified atom stereocenters. The summed E-state index contributed by atoms with van der Waals surface area (Å²) in [5, 5.41) is 2.29. The van der Waals surface area contributed by atoms with Gasteiger partial charge in [-0.1, -0.05) is 12.1 Å². The number of thiol groups is 1. The SMILES string of the molecule is CC1(C)OB(C(=Cc2ccc3c(c2)C(=O)NC3=O)CS)OC1(C)C. The maximum Gasteiger partial charge on any atom is 0.491 e. The van der Waals surface area contributed by atoms with Crippen LogP contribution in [0.15, 0.2) is 23.7 Å². The zero-order valence-corrected chi connectivity index (χ0v) is 15.1. The van der Waals surface area contributed by atoms with Crippen LogP contribution < -0.4 is 5.32 Å². The zero-order valence-electron chi connectivity index (χ0n) is 14.2. The van der Waals surface area contributed by atoms with E-state index in [4.69, 9.17) is 9.31 Å². The van der Waals surface area contributed by atoms with Gasteiger partial charge < -0.3 is 9.31 Å². The van der Waals surface area contributed by atoms with Crippen LogP contribution >= 0.6 is 12.6 Å². The topological polar surface area (TPSA) is 64.6 Å². The van der Waals surface area contributed by atoms with Gasteiger partial charge in [0.1, 0.15) is 0 Å². The first kappa shape index (κ1) is 17.3. The lowest BCUT2D eigenvalue weighted by Crippen LogP contribution is -2.41. The molecular weight excluding hydrogens is 325 g/mol. The van der Waals surface area contributed by atoms with Crippen molar-refractivity contribution in [2.24, 2.45) is 0 Å². The summed E-state index contributed by atoms with van der Waals surface area (Å²) in [6.45, 7) is 7.98. The van der Waals surface area contributed by atoms with Crippen molar-refractivity contribution in [3.05, 3.63) is 40.4 Å². The van der Waals surface area contributed by atoms with E-state index in [0.717, 1.165) is 11.0 Å². The van der Waals surface area contributed by atoms with Crippen molar-refractivity contribution >= 4 is 37.6 Å². The van der Waals surface area contributed by atoms with Crippen LogP contribution in [0.25, 0.3) is 6.08 Å². The number of carbonyl (C=O) groups excluding carboxylic acids is 2. The van der Waals surface area contributed by atoms with Gasteiger partial charge in [0, 0.05) is 5.75 Å². The Morgan fingerprint density at radius 3 is 2.29 bits per heavy atom. The largest absolute Gasteiger partial charge is 0.491 e. The molecule has 2 amide bonds. The number of hydrogen-bond acceptors (Lipinski definition) is 5. The highest BCUT2D eigenvalue weighted by Gasteiger charge is 2.52. The molecule has 2 aliphatic rings. The Labute approximate surface area is 147 Å². The van der Waals surface area contributed by atoms with E-state index < -0.39 is 18.3 Å². The van der Waals surface area contributed by atoms with Crippen molar-refractivity contribution in [1.82, 2.24) is 5.32 Å². The minimum atomic E-state index is -0.490. The molecule has 2 aliphatic heterocycles. The Morgan fingerprint density at radius 1 is 1.12 bits per heavy atom. The molecule has 0 aromatic heterocycles. The van der Waals surface area contributed by atoms with Gasteiger partial charge in [-0.3, -0.25) is 14.9 Å². The van der Waals surface area contributed by atoms with Gasteiger partial charge in [-0.05, 0) is 50.9 Å². The number of imide groups is 1. The Hall–Kier alpha value is -1.57. The number of fused-ring (bicyclic) bond motifs is 1. The molecule has 2 heterocycles. The molecule has 1 aromatic carbocycles. The average Bonchev–Trinajstić information content (AvgIpc) is 2.89. The second-order valence-corrected chi connectivity index (χ2v) is 7.37. The van der Waals surface area contributed by atoms with Gasteiger partial charge in [-0.15, -0.1) is 0 Å². The van der Waals surface area contributed by atoms with E-state index in [1.165, 1.54) is 0 Å². The first-order chi connectivity index (χ1) is 11.1. The molecule has 126 valence electrons. The molecular formula is C17H20BNO4S. The summed E-state index contributed by atoms with van der Waals surface area (Å²) in [6.07, 6.45) is 1.89. The van der Waals surface area contributed by atoms with E-state index in [1.54, 1.807) is 18.2 Å². The van der Waals surface area contributed by atoms with Gasteiger partial charge in [0.15, 0.2) is 0 Å². The van der Waals surface area contributed by atoms with E-state index >= 15 is 0 Å². The molecule has 0 radical (unpaired) electrons. The smallest absolute Gasteiger partial charge is 0.400 e. The second kappa shape index (κ2) is 5.76. The van der Waals surface area contributed by atoms with E-state index in [1.807, 2.05) is 33.8 Å². The predicted octanol–water partition coefficient (Wildman–Crippen LogP) is 2.51. The van der Waals surface area contributed by atoms with Gasteiger partial charge in [0.05, 0.1) is 22.3 Å². The number of amides is 2. The number of nitrogens with one attached hydrogen (secondary N) is 1. The molecule has 0 aliphatic carbocycles. The maximum absolute atomic E-state index is 11.8. The lowest BCUT2D eigenvalue weighted by molar-refractivity contribution is 0.00578. The third kappa shape index (κ3) is 2.81. The Morgan fingerprint density at radius 2 is 1.71 bits per heavy atom. The van der Waals surface area contributed by atoms with Gasteiger partial charge >= 0.3 is 7.12 Å². The fourth-order valence-corrected chi connectivity index (χ4v) is 2.91. The molecule has 0 saturated carbocycles. The van der Waals surface area contributed by atoms with Crippen LogP contribution in [-0.2, 0) is 9.31 Å². The number of carbonyl (C=O) groups is 2. The lowest BCUT2D eigenvalue weighted by Gasteiger charge is -2.32. The van der Waals surface area contributed by atoms with Crippen molar-refractivity contribution in [1.29, 1.82) is 0 Å². The second-order valence-electron chi connectivity index (χ2n) is 7.05. The maximum atomic E-state index is 11.8. The highest BCUT2D eigenvalue weighted by atomic mass is 32.1. The van der Waals surface area contributed by atoms with Gasteiger partial charge in [-0.2, -0.15) is 12.6 Å². The van der Waals surface area contributed by atoms with Gasteiger partial charge in [0.25, 0.3) is 11.8 Å². The average molecular weight is 345 g/mol. The summed E-state index contributed by atoms with van der Waals surface area (Å²) in [5.74, 6) is -0.266. The third-order valence-electron chi connectivity index (χ3n) is 4.85. The molecule has 24 heavy (non-hydrogen) atoms. The van der Waals surface area contributed by atoms with E-state index in [0.29, 0.717) is 16.9 Å². The van der Waals surface area contributed by atoms with Crippen molar-refractivity contribution in [3.63, 3.8) is 0 Å². The van der Waals surface area contributed by atoms with Crippen LogP contribution in [0.1, 0.15) is 54.0 Å². The minimum absolute atomic E-state index is 0.356. The first-order valence-electron chi connectivity index (χ1n) is 7.81. The predicted molar refractivity (Wildman–Crippen MR) is 96.2 cm³/mol. The monoisotopic (exact) mass is 345 g/mol. The van der Waals surface area contributed by atoms with Crippen LogP contribution in [-0.4, -0.2) is 35.9 Å².